The van der Waals surface area contributed by atoms with Crippen LogP contribution in [0.15, 0.2) is 42.5 Å². The average molecular weight is 422 g/mol. The van der Waals surface area contributed by atoms with Crippen molar-refractivity contribution >= 4 is 34.4 Å². The van der Waals surface area contributed by atoms with E-state index in [4.69, 9.17) is 5.73 Å². The summed E-state index contributed by atoms with van der Waals surface area (Å²) in [5, 5.41) is 2.74. The van der Waals surface area contributed by atoms with Crippen LogP contribution in [0.25, 0.3) is 0 Å². The van der Waals surface area contributed by atoms with Crippen LogP contribution >= 0.6 is 22.6 Å². The number of nitrogens with one attached hydrogen (secondary N) is 1. The van der Waals surface area contributed by atoms with Gasteiger partial charge in [0.25, 0.3) is 5.91 Å². The maximum Gasteiger partial charge on any atom is 0.251 e. The molecule has 0 saturated carbocycles. The van der Waals surface area contributed by atoms with Crippen molar-refractivity contribution in [3.05, 3.63) is 68.3 Å². The summed E-state index contributed by atoms with van der Waals surface area (Å²) < 4.78 is 1.07. The maximum atomic E-state index is 12.4. The number of primary amides is 1. The highest BCUT2D eigenvalue weighted by atomic mass is 127. The van der Waals surface area contributed by atoms with Gasteiger partial charge in [0, 0.05) is 15.6 Å². The first-order chi connectivity index (χ1) is 10.8. The number of carbonyl (C=O) groups excluding carboxylic acids is 2. The molecule has 0 aliphatic rings. The van der Waals surface area contributed by atoms with Crippen LogP contribution in [-0.2, 0) is 11.2 Å². The van der Waals surface area contributed by atoms with E-state index in [0.717, 1.165) is 20.3 Å². The van der Waals surface area contributed by atoms with Gasteiger partial charge in [0.2, 0.25) is 5.91 Å². The fourth-order valence-corrected chi connectivity index (χ4v) is 3.08. The summed E-state index contributed by atoms with van der Waals surface area (Å²) in [6.45, 7) is 3.86. The molecular weight excluding hydrogens is 403 g/mol. The van der Waals surface area contributed by atoms with Crippen molar-refractivity contribution in [3.8, 4) is 0 Å². The second-order valence-corrected chi connectivity index (χ2v) is 6.88. The molecule has 5 heteroatoms. The highest BCUT2D eigenvalue weighted by molar-refractivity contribution is 14.1. The number of halogens is 1. The van der Waals surface area contributed by atoms with E-state index >= 15 is 0 Å². The van der Waals surface area contributed by atoms with Gasteiger partial charge in [-0.05, 0) is 66.3 Å². The van der Waals surface area contributed by atoms with Gasteiger partial charge in [-0.15, -0.1) is 0 Å². The van der Waals surface area contributed by atoms with E-state index < -0.39 is 11.9 Å². The van der Waals surface area contributed by atoms with Crippen LogP contribution in [0.3, 0.4) is 0 Å². The summed E-state index contributed by atoms with van der Waals surface area (Å²) in [4.78, 5) is 24.1. The summed E-state index contributed by atoms with van der Waals surface area (Å²) in [5.74, 6) is -0.826. The number of rotatable bonds is 5. The molecule has 0 saturated heterocycles. The quantitative estimate of drug-likeness (QED) is 0.728. The normalized spacial score (nSPS) is 11.8. The van der Waals surface area contributed by atoms with E-state index in [-0.39, 0.29) is 5.91 Å². The molecule has 0 aliphatic heterocycles. The molecule has 2 rings (SSSR count). The standard InChI is InChI=1S/C18H19IN2O2/c1-11-6-12(2)8-14(7-11)18(23)21-16(17(20)22)10-13-4-3-5-15(19)9-13/h3-9,16H,10H2,1-2H3,(H2,20,22)(H,21,23)/t16-/m0/s1. The molecule has 0 aromatic heterocycles. The Labute approximate surface area is 149 Å². The summed E-state index contributed by atoms with van der Waals surface area (Å²) in [6.07, 6.45) is 0.378. The van der Waals surface area contributed by atoms with E-state index in [2.05, 4.69) is 27.9 Å². The lowest BCUT2D eigenvalue weighted by molar-refractivity contribution is -0.119. The van der Waals surface area contributed by atoms with Gasteiger partial charge in [0.05, 0.1) is 0 Å². The summed E-state index contributed by atoms with van der Waals surface area (Å²) in [7, 11) is 0. The van der Waals surface area contributed by atoms with Crippen molar-refractivity contribution in [2.24, 2.45) is 5.73 Å². The van der Waals surface area contributed by atoms with Crippen molar-refractivity contribution in [3.63, 3.8) is 0 Å². The predicted molar refractivity (Wildman–Crippen MR) is 99.2 cm³/mol. The molecule has 0 radical (unpaired) electrons. The Bertz CT molecular complexity index is 723. The van der Waals surface area contributed by atoms with Crippen LogP contribution in [0.1, 0.15) is 27.0 Å². The van der Waals surface area contributed by atoms with Gasteiger partial charge >= 0.3 is 0 Å². The Morgan fingerprint density at radius 3 is 2.35 bits per heavy atom. The third-order valence-corrected chi connectivity index (χ3v) is 4.13. The molecule has 0 fully saturated rings. The van der Waals surface area contributed by atoms with Crippen LogP contribution < -0.4 is 11.1 Å². The fourth-order valence-electron chi connectivity index (χ4n) is 2.47. The Morgan fingerprint density at radius 2 is 1.78 bits per heavy atom. The van der Waals surface area contributed by atoms with E-state index in [1.807, 2.05) is 44.2 Å². The molecule has 120 valence electrons. The smallest absolute Gasteiger partial charge is 0.251 e. The zero-order chi connectivity index (χ0) is 17.0. The van der Waals surface area contributed by atoms with Crippen LogP contribution in [0, 0.1) is 17.4 Å². The first-order valence-electron chi connectivity index (χ1n) is 7.28. The SMILES string of the molecule is Cc1cc(C)cc(C(=O)N[C@@H](Cc2cccc(I)c2)C(N)=O)c1. The van der Waals surface area contributed by atoms with E-state index in [0.29, 0.717) is 12.0 Å². The lowest BCUT2D eigenvalue weighted by atomic mass is 10.0. The second kappa shape index (κ2) is 7.59. The van der Waals surface area contributed by atoms with E-state index in [9.17, 15) is 9.59 Å². The average Bonchev–Trinajstić information content (AvgIpc) is 2.45. The van der Waals surface area contributed by atoms with Crippen molar-refractivity contribution in [1.29, 1.82) is 0 Å². The van der Waals surface area contributed by atoms with Crippen molar-refractivity contribution in [2.75, 3.05) is 0 Å². The second-order valence-electron chi connectivity index (χ2n) is 5.64. The lowest BCUT2D eigenvalue weighted by Gasteiger charge is -2.16. The Hall–Kier alpha value is -1.89. The summed E-state index contributed by atoms with van der Waals surface area (Å²) in [5.41, 5.74) is 8.96. The molecule has 0 unspecified atom stereocenters. The van der Waals surface area contributed by atoms with Crippen LogP contribution in [0.5, 0.6) is 0 Å². The van der Waals surface area contributed by atoms with E-state index in [1.165, 1.54) is 0 Å². The molecule has 23 heavy (non-hydrogen) atoms. The molecule has 0 heterocycles. The first kappa shape index (κ1) is 17.5. The van der Waals surface area contributed by atoms with Gasteiger partial charge < -0.3 is 11.1 Å². The molecule has 1 atom stereocenters. The first-order valence-corrected chi connectivity index (χ1v) is 8.36. The Kier molecular flexibility index (Phi) is 5.76. The largest absolute Gasteiger partial charge is 0.368 e. The number of hydrogen-bond donors (Lipinski definition) is 2. The predicted octanol–water partition coefficient (Wildman–Crippen LogP) is 2.73. The molecule has 3 N–H and O–H groups in total. The molecule has 2 amide bonds. The highest BCUT2D eigenvalue weighted by Crippen LogP contribution is 2.12. The number of hydrogen-bond acceptors (Lipinski definition) is 2. The number of nitrogens with two attached hydrogens (primary N) is 1. The minimum Gasteiger partial charge on any atom is -0.368 e. The van der Waals surface area contributed by atoms with Gasteiger partial charge in [-0.2, -0.15) is 0 Å². The molecule has 2 aromatic rings. The zero-order valence-corrected chi connectivity index (χ0v) is 15.3. The van der Waals surface area contributed by atoms with Crippen LogP contribution in [-0.4, -0.2) is 17.9 Å². The van der Waals surface area contributed by atoms with Crippen molar-refractivity contribution in [2.45, 2.75) is 26.3 Å². The van der Waals surface area contributed by atoms with Gasteiger partial charge in [-0.1, -0.05) is 29.3 Å². The van der Waals surface area contributed by atoms with Gasteiger partial charge in [-0.3, -0.25) is 9.59 Å². The summed E-state index contributed by atoms with van der Waals surface area (Å²) >= 11 is 2.21. The summed E-state index contributed by atoms with van der Waals surface area (Å²) in [6, 6.07) is 12.6. The van der Waals surface area contributed by atoms with Crippen LogP contribution in [0.2, 0.25) is 0 Å². The Balaban J connectivity index is 2.15. The molecule has 2 aromatic carbocycles. The van der Waals surface area contributed by atoms with Crippen LogP contribution in [0.4, 0.5) is 0 Å². The number of aryl methyl sites for hydroxylation is 2. The molecule has 0 spiro atoms. The monoisotopic (exact) mass is 422 g/mol. The minimum atomic E-state index is -0.735. The van der Waals surface area contributed by atoms with Gasteiger partial charge in [0.1, 0.15) is 6.04 Å². The lowest BCUT2D eigenvalue weighted by Crippen LogP contribution is -2.45. The Morgan fingerprint density at radius 1 is 1.13 bits per heavy atom. The number of carbonyl (C=O) groups is 2. The number of amides is 2. The maximum absolute atomic E-state index is 12.4. The van der Waals surface area contributed by atoms with Crippen molar-refractivity contribution in [1.82, 2.24) is 5.32 Å². The van der Waals surface area contributed by atoms with Gasteiger partial charge in [0.15, 0.2) is 0 Å². The number of benzene rings is 2. The molecule has 0 bridgehead atoms. The third-order valence-electron chi connectivity index (χ3n) is 3.46. The topological polar surface area (TPSA) is 72.2 Å². The third kappa shape index (κ3) is 5.06. The van der Waals surface area contributed by atoms with E-state index in [1.54, 1.807) is 12.1 Å². The highest BCUT2D eigenvalue weighted by Gasteiger charge is 2.19. The molecule has 0 aliphatic carbocycles. The van der Waals surface area contributed by atoms with Gasteiger partial charge in [-0.25, -0.2) is 0 Å². The molecular formula is C18H19IN2O2. The van der Waals surface area contributed by atoms with Crippen molar-refractivity contribution < 1.29 is 9.59 Å². The fraction of sp³-hybridized carbons (Fsp3) is 0.222. The zero-order valence-electron chi connectivity index (χ0n) is 13.1. The molecule has 4 nitrogen and oxygen atoms in total. The minimum absolute atomic E-state index is 0.286.